The molecule has 1 aromatic carbocycles. The molecule has 1 aliphatic heterocycles. The van der Waals surface area contributed by atoms with Crippen molar-refractivity contribution in [3.63, 3.8) is 0 Å². The molecule has 1 saturated heterocycles. The minimum atomic E-state index is -0.438. The third kappa shape index (κ3) is 4.74. The van der Waals surface area contributed by atoms with E-state index in [0.29, 0.717) is 18.5 Å². The maximum absolute atomic E-state index is 13.4. The number of rotatable bonds is 5. The van der Waals surface area contributed by atoms with E-state index in [1.165, 1.54) is 12.1 Å². The van der Waals surface area contributed by atoms with Crippen LogP contribution in [0.4, 0.5) is 4.39 Å². The molecule has 2 rings (SSSR count). The minimum Gasteiger partial charge on any atom is -0.392 e. The van der Waals surface area contributed by atoms with Crippen LogP contribution in [0.15, 0.2) is 18.2 Å². The Morgan fingerprint density at radius 1 is 1.50 bits per heavy atom. The fourth-order valence-electron chi connectivity index (χ4n) is 2.26. The summed E-state index contributed by atoms with van der Waals surface area (Å²) < 4.78 is 13.4. The molecule has 3 N–H and O–H groups in total. The van der Waals surface area contributed by atoms with Gasteiger partial charge in [0.1, 0.15) is 5.82 Å². The van der Waals surface area contributed by atoms with Crippen LogP contribution in [0.25, 0.3) is 0 Å². The minimum absolute atomic E-state index is 0. The van der Waals surface area contributed by atoms with Crippen LogP contribution in [0.3, 0.4) is 0 Å². The van der Waals surface area contributed by atoms with Crippen LogP contribution in [0, 0.1) is 5.82 Å². The standard InChI is InChI=1S/C14H19FN2O2.ClH/c15-13-6-10(3-4-11(13)9-18)8-17-14(19)7-12-2-1-5-16-12;/h3-4,6,12,16,18H,1-2,5,7-9H2,(H,17,19);1H. The van der Waals surface area contributed by atoms with Gasteiger partial charge in [-0.15, -0.1) is 12.4 Å². The topological polar surface area (TPSA) is 61.4 Å². The van der Waals surface area contributed by atoms with E-state index in [4.69, 9.17) is 5.11 Å². The molecule has 1 aromatic rings. The van der Waals surface area contributed by atoms with Crippen molar-refractivity contribution in [3.8, 4) is 0 Å². The van der Waals surface area contributed by atoms with Gasteiger partial charge in [-0.2, -0.15) is 0 Å². The molecule has 0 saturated carbocycles. The molecule has 6 heteroatoms. The Morgan fingerprint density at radius 2 is 2.30 bits per heavy atom. The van der Waals surface area contributed by atoms with E-state index in [1.54, 1.807) is 6.07 Å². The zero-order chi connectivity index (χ0) is 13.7. The van der Waals surface area contributed by atoms with Crippen molar-refractivity contribution in [2.45, 2.75) is 38.5 Å². The zero-order valence-electron chi connectivity index (χ0n) is 11.2. The van der Waals surface area contributed by atoms with Gasteiger partial charge in [-0.05, 0) is 31.0 Å². The molecule has 1 amide bonds. The van der Waals surface area contributed by atoms with E-state index in [2.05, 4.69) is 10.6 Å². The summed E-state index contributed by atoms with van der Waals surface area (Å²) in [4.78, 5) is 11.7. The number of aliphatic hydroxyl groups is 1. The van der Waals surface area contributed by atoms with Crippen molar-refractivity contribution in [3.05, 3.63) is 35.1 Å². The van der Waals surface area contributed by atoms with Gasteiger partial charge in [0, 0.05) is 24.6 Å². The smallest absolute Gasteiger partial charge is 0.221 e. The summed E-state index contributed by atoms with van der Waals surface area (Å²) in [7, 11) is 0. The lowest BCUT2D eigenvalue weighted by Gasteiger charge is -2.11. The highest BCUT2D eigenvalue weighted by molar-refractivity contribution is 5.85. The van der Waals surface area contributed by atoms with Crippen molar-refractivity contribution < 1.29 is 14.3 Å². The van der Waals surface area contributed by atoms with Crippen molar-refractivity contribution in [2.75, 3.05) is 6.54 Å². The Kier molecular flexibility index (Phi) is 6.91. The van der Waals surface area contributed by atoms with Crippen LogP contribution >= 0.6 is 12.4 Å². The van der Waals surface area contributed by atoms with Crippen molar-refractivity contribution in [1.82, 2.24) is 10.6 Å². The van der Waals surface area contributed by atoms with E-state index in [1.807, 2.05) is 0 Å². The zero-order valence-corrected chi connectivity index (χ0v) is 12.0. The molecular formula is C14H20ClFN2O2. The monoisotopic (exact) mass is 302 g/mol. The Morgan fingerprint density at radius 3 is 2.90 bits per heavy atom. The van der Waals surface area contributed by atoms with Gasteiger partial charge >= 0.3 is 0 Å². The van der Waals surface area contributed by atoms with Gasteiger partial charge in [0.25, 0.3) is 0 Å². The molecule has 1 unspecified atom stereocenters. The summed E-state index contributed by atoms with van der Waals surface area (Å²) >= 11 is 0. The van der Waals surface area contributed by atoms with E-state index in [0.717, 1.165) is 19.4 Å². The maximum Gasteiger partial charge on any atom is 0.221 e. The summed E-state index contributed by atoms with van der Waals surface area (Å²) in [5, 5.41) is 14.9. The molecule has 4 nitrogen and oxygen atoms in total. The Bertz CT molecular complexity index is 451. The highest BCUT2D eigenvalue weighted by Crippen LogP contribution is 2.11. The average Bonchev–Trinajstić information content (AvgIpc) is 2.89. The number of carbonyl (C=O) groups is 1. The lowest BCUT2D eigenvalue weighted by molar-refractivity contribution is -0.121. The summed E-state index contributed by atoms with van der Waals surface area (Å²) in [5.74, 6) is -0.460. The molecule has 0 aliphatic carbocycles. The fourth-order valence-corrected chi connectivity index (χ4v) is 2.26. The molecule has 0 bridgehead atoms. The molecule has 112 valence electrons. The number of nitrogens with one attached hydrogen (secondary N) is 2. The first-order chi connectivity index (χ1) is 9.19. The van der Waals surface area contributed by atoms with Gasteiger partial charge in [-0.1, -0.05) is 12.1 Å². The second-order valence-electron chi connectivity index (χ2n) is 4.86. The number of benzene rings is 1. The largest absolute Gasteiger partial charge is 0.392 e. The lowest BCUT2D eigenvalue weighted by atomic mass is 10.1. The Balaban J connectivity index is 0.00000200. The van der Waals surface area contributed by atoms with Crippen molar-refractivity contribution in [2.24, 2.45) is 0 Å². The average molecular weight is 303 g/mol. The van der Waals surface area contributed by atoms with Crippen LogP contribution in [-0.4, -0.2) is 23.6 Å². The quantitative estimate of drug-likeness (QED) is 0.772. The highest BCUT2D eigenvalue weighted by Gasteiger charge is 2.17. The molecule has 1 heterocycles. The van der Waals surface area contributed by atoms with Gasteiger partial charge in [0.2, 0.25) is 5.91 Å². The van der Waals surface area contributed by atoms with Gasteiger partial charge in [0.15, 0.2) is 0 Å². The first kappa shape index (κ1) is 16.9. The molecule has 0 spiro atoms. The first-order valence-corrected chi connectivity index (χ1v) is 6.57. The second-order valence-corrected chi connectivity index (χ2v) is 4.86. The summed E-state index contributed by atoms with van der Waals surface area (Å²) in [5.41, 5.74) is 0.965. The molecule has 0 radical (unpaired) electrons. The SMILES string of the molecule is Cl.O=C(CC1CCCN1)NCc1ccc(CO)c(F)c1. The molecule has 20 heavy (non-hydrogen) atoms. The predicted octanol–water partition coefficient (Wildman–Crippen LogP) is 1.50. The van der Waals surface area contributed by atoms with E-state index in [9.17, 15) is 9.18 Å². The Labute approximate surface area is 124 Å². The Hall–Kier alpha value is -1.17. The van der Waals surface area contributed by atoms with E-state index in [-0.39, 0.29) is 36.5 Å². The maximum atomic E-state index is 13.4. The van der Waals surface area contributed by atoms with Crippen LogP contribution in [0.2, 0.25) is 0 Å². The van der Waals surface area contributed by atoms with Crippen molar-refractivity contribution >= 4 is 18.3 Å². The molecule has 1 fully saturated rings. The third-order valence-electron chi connectivity index (χ3n) is 3.37. The number of amides is 1. The van der Waals surface area contributed by atoms with Crippen molar-refractivity contribution in [1.29, 1.82) is 0 Å². The van der Waals surface area contributed by atoms with Gasteiger partial charge in [-0.3, -0.25) is 4.79 Å². The number of halogens is 2. The molecular weight excluding hydrogens is 283 g/mol. The van der Waals surface area contributed by atoms with Gasteiger partial charge < -0.3 is 15.7 Å². The second kappa shape index (κ2) is 8.19. The van der Waals surface area contributed by atoms with E-state index >= 15 is 0 Å². The first-order valence-electron chi connectivity index (χ1n) is 6.57. The third-order valence-corrected chi connectivity index (χ3v) is 3.37. The normalized spacial score (nSPS) is 17.6. The fraction of sp³-hybridized carbons (Fsp3) is 0.500. The highest BCUT2D eigenvalue weighted by atomic mass is 35.5. The van der Waals surface area contributed by atoms with Crippen LogP contribution in [0.1, 0.15) is 30.4 Å². The van der Waals surface area contributed by atoms with Gasteiger partial charge in [0.05, 0.1) is 6.61 Å². The summed E-state index contributed by atoms with van der Waals surface area (Å²) in [6.07, 6.45) is 2.62. The predicted molar refractivity (Wildman–Crippen MR) is 77.1 cm³/mol. The van der Waals surface area contributed by atoms with Crippen LogP contribution < -0.4 is 10.6 Å². The number of hydrogen-bond acceptors (Lipinski definition) is 3. The summed E-state index contributed by atoms with van der Waals surface area (Å²) in [6, 6.07) is 4.87. The number of hydrogen-bond donors (Lipinski definition) is 3. The molecule has 1 aliphatic rings. The van der Waals surface area contributed by atoms with Crippen LogP contribution in [0.5, 0.6) is 0 Å². The number of carbonyl (C=O) groups excluding carboxylic acids is 1. The summed E-state index contributed by atoms with van der Waals surface area (Å²) in [6.45, 7) is 0.978. The lowest BCUT2D eigenvalue weighted by Crippen LogP contribution is -2.31. The van der Waals surface area contributed by atoms with Crippen LogP contribution in [-0.2, 0) is 17.9 Å². The molecule has 0 aromatic heterocycles. The molecule has 1 atom stereocenters. The van der Waals surface area contributed by atoms with E-state index < -0.39 is 5.82 Å². The van der Waals surface area contributed by atoms with Gasteiger partial charge in [-0.25, -0.2) is 4.39 Å². The number of aliphatic hydroxyl groups excluding tert-OH is 1.